The van der Waals surface area contributed by atoms with E-state index in [2.05, 4.69) is 5.32 Å². The third-order valence-electron chi connectivity index (χ3n) is 4.70. The molecule has 1 unspecified atom stereocenters. The van der Waals surface area contributed by atoms with E-state index in [1.54, 1.807) is 22.9 Å². The van der Waals surface area contributed by atoms with Crippen LogP contribution < -0.4 is 10.2 Å². The van der Waals surface area contributed by atoms with Crippen molar-refractivity contribution in [3.05, 3.63) is 59.1 Å². The smallest absolute Gasteiger partial charge is 0.244 e. The van der Waals surface area contributed by atoms with Crippen LogP contribution in [0.25, 0.3) is 0 Å². The Morgan fingerprint density at radius 3 is 2.63 bits per heavy atom. The van der Waals surface area contributed by atoms with Gasteiger partial charge in [0.1, 0.15) is 6.04 Å². The fourth-order valence-electron chi connectivity index (χ4n) is 3.30. The number of hydrogen-bond acceptors (Lipinski definition) is 3. The number of hydrogen-bond donors (Lipinski definition) is 1. The predicted octanol–water partition coefficient (Wildman–Crippen LogP) is 3.93. The zero-order valence-electron chi connectivity index (χ0n) is 15.6. The summed E-state index contributed by atoms with van der Waals surface area (Å²) in [5.41, 5.74) is 2.57. The van der Waals surface area contributed by atoms with Gasteiger partial charge in [-0.2, -0.15) is 0 Å². The molecule has 1 N–H and O–H groups in total. The first-order valence-electron chi connectivity index (χ1n) is 9.11. The Labute approximate surface area is 164 Å². The van der Waals surface area contributed by atoms with E-state index in [9.17, 15) is 9.59 Å². The van der Waals surface area contributed by atoms with Gasteiger partial charge < -0.3 is 15.1 Å². The average molecular weight is 386 g/mol. The third kappa shape index (κ3) is 4.61. The van der Waals surface area contributed by atoms with E-state index in [0.29, 0.717) is 24.5 Å². The zero-order chi connectivity index (χ0) is 19.4. The second-order valence-electron chi connectivity index (χ2n) is 6.86. The molecule has 0 aliphatic carbocycles. The van der Waals surface area contributed by atoms with Crippen molar-refractivity contribution in [1.29, 1.82) is 0 Å². The molecule has 2 amide bonds. The Balaban J connectivity index is 1.63. The van der Waals surface area contributed by atoms with Crippen molar-refractivity contribution in [1.82, 2.24) is 4.90 Å². The van der Waals surface area contributed by atoms with E-state index in [0.717, 1.165) is 23.4 Å². The van der Waals surface area contributed by atoms with Gasteiger partial charge in [-0.05, 0) is 37.1 Å². The maximum absolute atomic E-state index is 12.6. The highest BCUT2D eigenvalue weighted by atomic mass is 35.5. The van der Waals surface area contributed by atoms with Crippen molar-refractivity contribution < 1.29 is 9.59 Å². The molecule has 1 heterocycles. The Bertz CT molecular complexity index is 825. The highest BCUT2D eigenvalue weighted by molar-refractivity contribution is 6.34. The predicted molar refractivity (Wildman–Crippen MR) is 109 cm³/mol. The normalized spacial score (nSPS) is 14.9. The van der Waals surface area contributed by atoms with Gasteiger partial charge in [-0.3, -0.25) is 9.59 Å². The van der Waals surface area contributed by atoms with Gasteiger partial charge in [-0.25, -0.2) is 0 Å². The molecule has 1 atom stereocenters. The second kappa shape index (κ2) is 8.44. The third-order valence-corrected chi connectivity index (χ3v) is 5.01. The van der Waals surface area contributed by atoms with Crippen LogP contribution >= 0.6 is 11.6 Å². The summed E-state index contributed by atoms with van der Waals surface area (Å²) in [4.78, 5) is 28.0. The molecule has 142 valence electrons. The average Bonchev–Trinajstić information content (AvgIpc) is 3.07. The van der Waals surface area contributed by atoms with Gasteiger partial charge in [0.15, 0.2) is 0 Å². The highest BCUT2D eigenvalue weighted by Gasteiger charge is 2.24. The summed E-state index contributed by atoms with van der Waals surface area (Å²) in [5.74, 6) is 0.0949. The number of benzene rings is 2. The molecule has 1 aliphatic heterocycles. The number of carbonyl (C=O) groups is 2. The first kappa shape index (κ1) is 19.2. The molecule has 2 aromatic rings. The second-order valence-corrected chi connectivity index (χ2v) is 7.27. The van der Waals surface area contributed by atoms with Crippen LogP contribution in [0, 0.1) is 0 Å². The summed E-state index contributed by atoms with van der Waals surface area (Å²) in [6.07, 6.45) is 1.42. The van der Waals surface area contributed by atoms with Crippen molar-refractivity contribution >= 4 is 34.8 Å². The van der Waals surface area contributed by atoms with Crippen LogP contribution in [0.5, 0.6) is 0 Å². The van der Waals surface area contributed by atoms with Crippen LogP contribution in [0.3, 0.4) is 0 Å². The largest absolute Gasteiger partial charge is 0.374 e. The maximum Gasteiger partial charge on any atom is 0.244 e. The van der Waals surface area contributed by atoms with Crippen LogP contribution in [0.15, 0.2) is 48.5 Å². The zero-order valence-corrected chi connectivity index (χ0v) is 16.4. The van der Waals surface area contributed by atoms with Crippen LogP contribution in [0.4, 0.5) is 11.4 Å². The number of carbonyl (C=O) groups excluding carboxylic acids is 2. The molecule has 6 heteroatoms. The number of likely N-dealkylation sites (N-methyl/N-ethyl adjacent to an activating group) is 1. The molecule has 1 aliphatic rings. The first-order chi connectivity index (χ1) is 13.0. The summed E-state index contributed by atoms with van der Waals surface area (Å²) in [6, 6.07) is 14.9. The maximum atomic E-state index is 12.6. The lowest BCUT2D eigenvalue weighted by Gasteiger charge is -2.23. The van der Waals surface area contributed by atoms with Crippen molar-refractivity contribution in [3.63, 3.8) is 0 Å². The SMILES string of the molecule is CC(Nc1ccc(N2CCCC2=O)c(Cl)c1)C(=O)N(C)Cc1ccccc1. The monoisotopic (exact) mass is 385 g/mol. The molecule has 0 radical (unpaired) electrons. The minimum absolute atomic E-state index is 0.00577. The molecule has 2 aromatic carbocycles. The van der Waals surface area contributed by atoms with Crippen molar-refractivity contribution in [2.75, 3.05) is 23.8 Å². The van der Waals surface area contributed by atoms with Crippen molar-refractivity contribution in [2.24, 2.45) is 0 Å². The van der Waals surface area contributed by atoms with Crippen LogP contribution in [0.2, 0.25) is 5.02 Å². The first-order valence-corrected chi connectivity index (χ1v) is 9.49. The molecular weight excluding hydrogens is 362 g/mol. The van der Waals surface area contributed by atoms with Gasteiger partial charge in [0.25, 0.3) is 0 Å². The number of rotatable bonds is 6. The Hall–Kier alpha value is -2.53. The molecule has 0 saturated carbocycles. The number of nitrogens with one attached hydrogen (secondary N) is 1. The van der Waals surface area contributed by atoms with Crippen LogP contribution in [0.1, 0.15) is 25.3 Å². The van der Waals surface area contributed by atoms with Crippen molar-refractivity contribution in [2.45, 2.75) is 32.4 Å². The summed E-state index contributed by atoms with van der Waals surface area (Å²) >= 11 is 6.38. The number of halogens is 1. The standard InChI is InChI=1S/C21H24ClN3O2/c1-15(21(27)24(2)14-16-7-4-3-5-8-16)23-17-10-11-19(18(22)13-17)25-12-6-9-20(25)26/h3-5,7-8,10-11,13,15,23H,6,9,12,14H2,1-2H3. The number of amides is 2. The van der Waals surface area contributed by atoms with E-state index < -0.39 is 6.04 Å². The van der Waals surface area contributed by atoms with E-state index in [1.807, 2.05) is 49.4 Å². The van der Waals surface area contributed by atoms with Gasteiger partial charge in [0, 0.05) is 32.2 Å². The fourth-order valence-corrected chi connectivity index (χ4v) is 3.58. The number of anilines is 2. The van der Waals surface area contributed by atoms with E-state index in [-0.39, 0.29) is 11.8 Å². The Morgan fingerprint density at radius 2 is 2.00 bits per heavy atom. The molecular formula is C21H24ClN3O2. The molecule has 0 aromatic heterocycles. The molecule has 0 spiro atoms. The Morgan fingerprint density at radius 1 is 1.26 bits per heavy atom. The quantitative estimate of drug-likeness (QED) is 0.819. The van der Waals surface area contributed by atoms with Crippen LogP contribution in [-0.4, -0.2) is 36.3 Å². The lowest BCUT2D eigenvalue weighted by atomic mass is 10.2. The van der Waals surface area contributed by atoms with E-state index in [4.69, 9.17) is 11.6 Å². The summed E-state index contributed by atoms with van der Waals surface area (Å²) < 4.78 is 0. The molecule has 27 heavy (non-hydrogen) atoms. The molecule has 1 saturated heterocycles. The van der Waals surface area contributed by atoms with Crippen molar-refractivity contribution in [3.8, 4) is 0 Å². The summed E-state index contributed by atoms with van der Waals surface area (Å²) in [7, 11) is 1.79. The Kier molecular flexibility index (Phi) is 6.01. The van der Waals surface area contributed by atoms with Gasteiger partial charge in [0.05, 0.1) is 10.7 Å². The minimum atomic E-state index is -0.394. The highest BCUT2D eigenvalue weighted by Crippen LogP contribution is 2.31. The molecule has 5 nitrogen and oxygen atoms in total. The molecule has 0 bridgehead atoms. The van der Waals surface area contributed by atoms with E-state index in [1.165, 1.54) is 0 Å². The summed E-state index contributed by atoms with van der Waals surface area (Å²) in [6.45, 7) is 3.09. The topological polar surface area (TPSA) is 52.7 Å². The fraction of sp³-hybridized carbons (Fsp3) is 0.333. The number of nitrogens with zero attached hydrogens (tertiary/aromatic N) is 2. The molecule has 3 rings (SSSR count). The summed E-state index contributed by atoms with van der Waals surface area (Å²) in [5, 5.41) is 3.71. The molecule has 1 fully saturated rings. The van der Waals surface area contributed by atoms with Gasteiger partial charge >= 0.3 is 0 Å². The van der Waals surface area contributed by atoms with Gasteiger partial charge in [-0.1, -0.05) is 41.9 Å². The van der Waals surface area contributed by atoms with Gasteiger partial charge in [-0.15, -0.1) is 0 Å². The lowest BCUT2D eigenvalue weighted by molar-refractivity contribution is -0.130. The van der Waals surface area contributed by atoms with E-state index >= 15 is 0 Å². The lowest BCUT2D eigenvalue weighted by Crippen LogP contribution is -2.38. The van der Waals surface area contributed by atoms with Gasteiger partial charge in [0.2, 0.25) is 11.8 Å². The minimum Gasteiger partial charge on any atom is -0.374 e. The van der Waals surface area contributed by atoms with Crippen LogP contribution in [-0.2, 0) is 16.1 Å².